The number of hydrogen-bond donors (Lipinski definition) is 3. The predicted octanol–water partition coefficient (Wildman–Crippen LogP) is 4.75. The molecular weight excluding hydrogens is 506 g/mol. The van der Waals surface area contributed by atoms with Crippen molar-refractivity contribution in [3.05, 3.63) is 70.2 Å². The summed E-state index contributed by atoms with van der Waals surface area (Å²) in [6.45, 7) is 1.86. The molecule has 0 radical (unpaired) electrons. The average molecular weight is 523 g/mol. The Balaban J connectivity index is 1.90. The van der Waals surface area contributed by atoms with Crippen molar-refractivity contribution in [2.24, 2.45) is 0 Å². The van der Waals surface area contributed by atoms with Crippen LogP contribution in [0.2, 0.25) is 0 Å². The first-order valence-electron chi connectivity index (χ1n) is 9.49. The van der Waals surface area contributed by atoms with Gasteiger partial charge in [-0.2, -0.15) is 0 Å². The third-order valence-electron chi connectivity index (χ3n) is 4.81. The van der Waals surface area contributed by atoms with Crippen molar-refractivity contribution >= 4 is 38.5 Å². The molecule has 1 amide bonds. The molecule has 0 aliphatic carbocycles. The molecule has 2 atom stereocenters. The minimum absolute atomic E-state index is 0.0340. The number of phenols is 1. The summed E-state index contributed by atoms with van der Waals surface area (Å²) in [4.78, 5) is 12.5. The highest BCUT2D eigenvalue weighted by Crippen LogP contribution is 2.37. The maximum Gasteiger partial charge on any atom is 0.251 e. The van der Waals surface area contributed by atoms with E-state index in [1.165, 1.54) is 18.2 Å². The van der Waals surface area contributed by atoms with Gasteiger partial charge in [0, 0.05) is 22.8 Å². The van der Waals surface area contributed by atoms with E-state index in [1.54, 1.807) is 31.2 Å². The first-order chi connectivity index (χ1) is 15.2. The number of para-hydroxylation sites is 1. The van der Waals surface area contributed by atoms with Crippen LogP contribution in [-0.4, -0.2) is 27.9 Å². The van der Waals surface area contributed by atoms with Gasteiger partial charge in [-0.3, -0.25) is 9.52 Å². The molecule has 0 fully saturated rings. The molecule has 0 spiro atoms. The minimum atomic E-state index is -2.17. The van der Waals surface area contributed by atoms with E-state index < -0.39 is 34.6 Å². The number of rotatable bonds is 0. The van der Waals surface area contributed by atoms with Crippen LogP contribution >= 0.6 is 15.9 Å². The second-order valence-electron chi connectivity index (χ2n) is 7.12. The molecule has 166 valence electrons. The fraction of sp³-hybridized carbons (Fsp3) is 0.136. The molecule has 1 heterocycles. The fourth-order valence-electron chi connectivity index (χ4n) is 3.22. The fourth-order valence-corrected chi connectivity index (χ4v) is 4.80. The highest BCUT2D eigenvalue weighted by molar-refractivity contribution is 9.10. The molecular formula is C22H17BrF2N2O4S. The van der Waals surface area contributed by atoms with Crippen molar-refractivity contribution in [1.29, 1.82) is 0 Å². The summed E-state index contributed by atoms with van der Waals surface area (Å²) in [5.74, 6) is -2.32. The Kier molecular flexibility index (Phi) is 6.16. The van der Waals surface area contributed by atoms with Crippen LogP contribution in [0.1, 0.15) is 17.3 Å². The second-order valence-corrected chi connectivity index (χ2v) is 9.16. The smallest absolute Gasteiger partial charge is 0.251 e. The third kappa shape index (κ3) is 4.33. The number of amides is 1. The number of fused-ring (bicyclic) bond motifs is 6. The zero-order chi connectivity index (χ0) is 23.0. The second kappa shape index (κ2) is 8.87. The molecule has 1 aliphatic rings. The van der Waals surface area contributed by atoms with E-state index in [1.807, 2.05) is 0 Å². The van der Waals surface area contributed by atoms with E-state index in [4.69, 9.17) is 4.74 Å². The van der Waals surface area contributed by atoms with Gasteiger partial charge in [-0.1, -0.05) is 18.2 Å². The molecule has 4 bridgehead atoms. The summed E-state index contributed by atoms with van der Waals surface area (Å²) < 4.78 is 50.7. The van der Waals surface area contributed by atoms with Gasteiger partial charge in [-0.25, -0.2) is 13.0 Å². The number of carbonyl (C=O) groups is 1. The molecule has 3 aromatic rings. The molecule has 0 saturated heterocycles. The Bertz CT molecular complexity index is 1250. The number of benzene rings is 3. The zero-order valence-corrected chi connectivity index (χ0v) is 19.0. The molecule has 0 saturated carbocycles. The van der Waals surface area contributed by atoms with Gasteiger partial charge in [0.2, 0.25) is 0 Å². The first kappa shape index (κ1) is 22.2. The van der Waals surface area contributed by atoms with Gasteiger partial charge in [0.1, 0.15) is 34.1 Å². The Morgan fingerprint density at radius 2 is 1.88 bits per heavy atom. The maximum absolute atomic E-state index is 14.7. The summed E-state index contributed by atoms with van der Waals surface area (Å²) in [6, 6.07) is 11.1. The number of carbonyl (C=O) groups excluding carboxylic acids is 1. The van der Waals surface area contributed by atoms with Crippen molar-refractivity contribution < 1.29 is 27.6 Å². The molecule has 2 unspecified atom stereocenters. The SMILES string of the molecule is CC1CNC(=O)c2cc(Br)c(O)c(c2)S(=O)Nc2cc(c(F)cc2F)-c2ccccc2O1. The predicted molar refractivity (Wildman–Crippen MR) is 120 cm³/mol. The summed E-state index contributed by atoms with van der Waals surface area (Å²) >= 11 is 3.14. The number of phenolic OH excluding ortho intramolecular Hbond substituents is 1. The van der Waals surface area contributed by atoms with Gasteiger partial charge in [-0.05, 0) is 47.1 Å². The molecule has 3 N–H and O–H groups in total. The lowest BCUT2D eigenvalue weighted by molar-refractivity contribution is 0.0932. The standard InChI is InChI=1S/C22H17BrF2N2O4S/c1-11-10-26-22(29)12-6-15(23)21(28)20(7-12)32(30)27-18-8-14(16(24)9-17(18)25)13-4-2-3-5-19(13)31-11/h2-9,11,27-28H,10H2,1H3,(H,26,29). The van der Waals surface area contributed by atoms with Gasteiger partial charge in [-0.15, -0.1) is 0 Å². The highest BCUT2D eigenvalue weighted by atomic mass is 79.9. The number of ether oxygens (including phenoxy) is 1. The monoisotopic (exact) mass is 522 g/mol. The van der Waals surface area contributed by atoms with Crippen LogP contribution in [0.25, 0.3) is 11.1 Å². The van der Waals surface area contributed by atoms with Crippen LogP contribution < -0.4 is 14.8 Å². The van der Waals surface area contributed by atoms with Crippen LogP contribution in [0, 0.1) is 11.6 Å². The van der Waals surface area contributed by atoms with Crippen LogP contribution in [-0.2, 0) is 11.0 Å². The van der Waals surface area contributed by atoms with Crippen LogP contribution in [0.4, 0.5) is 14.5 Å². The van der Waals surface area contributed by atoms with E-state index >= 15 is 0 Å². The molecule has 3 aromatic carbocycles. The molecule has 10 heteroatoms. The lowest BCUT2D eigenvalue weighted by atomic mass is 10.0. The first-order valence-corrected chi connectivity index (χ1v) is 11.4. The number of anilines is 1. The van der Waals surface area contributed by atoms with Gasteiger partial charge in [0.05, 0.1) is 16.7 Å². The minimum Gasteiger partial charge on any atom is -0.505 e. The molecule has 1 aliphatic heterocycles. The Hall–Kier alpha value is -2.98. The van der Waals surface area contributed by atoms with Crippen molar-refractivity contribution in [3.8, 4) is 22.6 Å². The van der Waals surface area contributed by atoms with E-state index in [0.717, 1.165) is 0 Å². The quantitative estimate of drug-likeness (QED) is 0.397. The number of aromatic hydroxyl groups is 1. The van der Waals surface area contributed by atoms with Crippen LogP contribution in [0.3, 0.4) is 0 Å². The van der Waals surface area contributed by atoms with Gasteiger partial charge < -0.3 is 15.2 Å². The summed E-state index contributed by atoms with van der Waals surface area (Å²) in [5, 5.41) is 13.0. The Labute approximate surface area is 193 Å². The average Bonchev–Trinajstić information content (AvgIpc) is 2.75. The molecule has 6 nitrogen and oxygen atoms in total. The van der Waals surface area contributed by atoms with Gasteiger partial charge in [0.15, 0.2) is 11.0 Å². The maximum atomic E-state index is 14.7. The van der Waals surface area contributed by atoms with E-state index in [2.05, 4.69) is 26.0 Å². The summed E-state index contributed by atoms with van der Waals surface area (Å²) in [5.41, 5.74) is 0.273. The van der Waals surface area contributed by atoms with Crippen LogP contribution in [0.15, 0.2) is 57.9 Å². The van der Waals surface area contributed by atoms with E-state index in [-0.39, 0.29) is 38.5 Å². The van der Waals surface area contributed by atoms with Crippen molar-refractivity contribution in [2.45, 2.75) is 17.9 Å². The number of nitrogens with one attached hydrogen (secondary N) is 2. The summed E-state index contributed by atoms with van der Waals surface area (Å²) in [7, 11) is -2.17. The topological polar surface area (TPSA) is 87.7 Å². The van der Waals surface area contributed by atoms with Crippen molar-refractivity contribution in [3.63, 3.8) is 0 Å². The largest absolute Gasteiger partial charge is 0.505 e. The molecule has 32 heavy (non-hydrogen) atoms. The van der Waals surface area contributed by atoms with Crippen molar-refractivity contribution in [2.75, 3.05) is 11.3 Å². The lowest BCUT2D eigenvalue weighted by Gasteiger charge is -2.18. The molecule has 4 rings (SSSR count). The van der Waals surface area contributed by atoms with E-state index in [9.17, 15) is 22.9 Å². The van der Waals surface area contributed by atoms with Gasteiger partial charge in [0.25, 0.3) is 5.91 Å². The summed E-state index contributed by atoms with van der Waals surface area (Å²) in [6.07, 6.45) is -0.486. The Morgan fingerprint density at radius 1 is 1.12 bits per heavy atom. The Morgan fingerprint density at radius 3 is 2.66 bits per heavy atom. The zero-order valence-electron chi connectivity index (χ0n) is 16.6. The number of halogens is 3. The van der Waals surface area contributed by atoms with Crippen LogP contribution in [0.5, 0.6) is 11.5 Å². The highest BCUT2D eigenvalue weighted by Gasteiger charge is 2.22. The lowest BCUT2D eigenvalue weighted by Crippen LogP contribution is -2.33. The van der Waals surface area contributed by atoms with Gasteiger partial charge >= 0.3 is 0 Å². The number of hydrogen-bond acceptors (Lipinski definition) is 4. The third-order valence-corrected chi connectivity index (χ3v) is 6.53. The molecule has 0 aromatic heterocycles. The normalized spacial score (nSPS) is 18.3. The van der Waals surface area contributed by atoms with E-state index in [0.29, 0.717) is 17.4 Å². The van der Waals surface area contributed by atoms with Crippen molar-refractivity contribution in [1.82, 2.24) is 5.32 Å².